The summed E-state index contributed by atoms with van der Waals surface area (Å²) in [6, 6.07) is 4.04. The third-order valence-corrected chi connectivity index (χ3v) is 6.35. The van der Waals surface area contributed by atoms with Gasteiger partial charge in [-0.15, -0.1) is 0 Å². The lowest BCUT2D eigenvalue weighted by atomic mass is 9.84. The van der Waals surface area contributed by atoms with E-state index in [1.54, 1.807) is 6.92 Å². The van der Waals surface area contributed by atoms with Crippen molar-refractivity contribution in [2.75, 3.05) is 4.72 Å². The number of fused-ring (bicyclic) bond motifs is 1. The fourth-order valence-corrected chi connectivity index (χ4v) is 4.67. The number of nitriles is 1. The summed E-state index contributed by atoms with van der Waals surface area (Å²) < 4.78 is 68.9. The molecule has 0 saturated carbocycles. The standard InChI is InChI=1S/C18H18F3N3O2S/c1-10-5-16(14(19)6-11(10)8-22)24-27(25,26)17-9-23-15-7-12(18(2,20)21)3-4-13(15)17/h5-6,9,12,23-24H,3-4,7H2,1-2H3. The van der Waals surface area contributed by atoms with Crippen molar-refractivity contribution in [2.24, 2.45) is 5.92 Å². The zero-order chi connectivity index (χ0) is 20.0. The lowest BCUT2D eigenvalue weighted by Gasteiger charge is -2.27. The number of aromatic nitrogens is 1. The van der Waals surface area contributed by atoms with Crippen LogP contribution in [0.4, 0.5) is 18.9 Å². The second-order valence-electron chi connectivity index (χ2n) is 6.87. The molecule has 5 nitrogen and oxygen atoms in total. The topological polar surface area (TPSA) is 85.8 Å². The zero-order valence-electron chi connectivity index (χ0n) is 14.7. The van der Waals surface area contributed by atoms with Gasteiger partial charge in [-0.05, 0) is 56.4 Å². The largest absolute Gasteiger partial charge is 0.363 e. The number of sulfonamides is 1. The molecule has 1 aliphatic carbocycles. The predicted molar refractivity (Wildman–Crippen MR) is 93.6 cm³/mol. The highest BCUT2D eigenvalue weighted by molar-refractivity contribution is 7.92. The van der Waals surface area contributed by atoms with Gasteiger partial charge in [0.2, 0.25) is 5.92 Å². The average molecular weight is 397 g/mol. The molecule has 1 atom stereocenters. The van der Waals surface area contributed by atoms with E-state index >= 15 is 0 Å². The van der Waals surface area contributed by atoms with Crippen LogP contribution in [0.5, 0.6) is 0 Å². The van der Waals surface area contributed by atoms with Gasteiger partial charge in [-0.1, -0.05) is 0 Å². The van der Waals surface area contributed by atoms with Crippen molar-refractivity contribution < 1.29 is 21.6 Å². The number of aryl methyl sites for hydroxylation is 1. The number of aromatic amines is 1. The Morgan fingerprint density at radius 2 is 2.07 bits per heavy atom. The molecule has 144 valence electrons. The minimum absolute atomic E-state index is 0.0543. The van der Waals surface area contributed by atoms with E-state index in [2.05, 4.69) is 9.71 Å². The molecule has 2 aromatic rings. The zero-order valence-corrected chi connectivity index (χ0v) is 15.6. The van der Waals surface area contributed by atoms with Gasteiger partial charge in [0.1, 0.15) is 10.7 Å². The summed E-state index contributed by atoms with van der Waals surface area (Å²) in [4.78, 5) is 2.70. The molecule has 1 aliphatic rings. The molecule has 1 unspecified atom stereocenters. The Bertz CT molecular complexity index is 1030. The normalized spacial score (nSPS) is 17.3. The maximum atomic E-state index is 14.1. The number of H-pyrrole nitrogens is 1. The van der Waals surface area contributed by atoms with E-state index in [0.717, 1.165) is 13.0 Å². The molecular weight excluding hydrogens is 379 g/mol. The number of hydrogen-bond acceptors (Lipinski definition) is 3. The molecule has 2 N–H and O–H groups in total. The molecular formula is C18H18F3N3O2S. The van der Waals surface area contributed by atoms with Gasteiger partial charge in [0.15, 0.2) is 0 Å². The van der Waals surface area contributed by atoms with Crippen LogP contribution in [0.3, 0.4) is 0 Å². The first-order chi connectivity index (χ1) is 12.5. The summed E-state index contributed by atoms with van der Waals surface area (Å²) >= 11 is 0. The highest BCUT2D eigenvalue weighted by Gasteiger charge is 2.38. The van der Waals surface area contributed by atoms with Gasteiger partial charge in [-0.2, -0.15) is 5.26 Å². The Kier molecular flexibility index (Phi) is 4.72. The van der Waals surface area contributed by atoms with Crippen molar-refractivity contribution in [3.63, 3.8) is 0 Å². The van der Waals surface area contributed by atoms with Gasteiger partial charge in [0, 0.05) is 17.8 Å². The molecule has 0 amide bonds. The Labute approximate surface area is 155 Å². The SMILES string of the molecule is Cc1cc(NS(=O)(=O)c2c[nH]c3c2CCC(C(C)(F)F)C3)c(F)cc1C#N. The van der Waals surface area contributed by atoms with Crippen LogP contribution < -0.4 is 4.72 Å². The lowest BCUT2D eigenvalue weighted by Crippen LogP contribution is -2.30. The molecule has 9 heteroatoms. The lowest BCUT2D eigenvalue weighted by molar-refractivity contribution is -0.0448. The molecule has 1 heterocycles. The van der Waals surface area contributed by atoms with Gasteiger partial charge < -0.3 is 4.98 Å². The van der Waals surface area contributed by atoms with E-state index in [-0.39, 0.29) is 35.4 Å². The minimum Gasteiger partial charge on any atom is -0.363 e. The van der Waals surface area contributed by atoms with Crippen molar-refractivity contribution in [1.82, 2.24) is 4.98 Å². The smallest absolute Gasteiger partial charge is 0.263 e. The van der Waals surface area contributed by atoms with Crippen LogP contribution in [0.15, 0.2) is 23.2 Å². The van der Waals surface area contributed by atoms with Crippen molar-refractivity contribution >= 4 is 15.7 Å². The molecule has 0 saturated heterocycles. The van der Waals surface area contributed by atoms with E-state index < -0.39 is 27.7 Å². The number of nitrogens with one attached hydrogen (secondary N) is 2. The molecule has 0 fully saturated rings. The molecule has 0 radical (unpaired) electrons. The maximum Gasteiger partial charge on any atom is 0.263 e. The third-order valence-electron chi connectivity index (χ3n) is 4.92. The van der Waals surface area contributed by atoms with Crippen LogP contribution in [-0.2, 0) is 22.9 Å². The monoisotopic (exact) mass is 397 g/mol. The van der Waals surface area contributed by atoms with Crippen molar-refractivity contribution in [3.05, 3.63) is 46.5 Å². The number of alkyl halides is 2. The maximum absolute atomic E-state index is 14.1. The van der Waals surface area contributed by atoms with E-state index in [0.29, 0.717) is 16.8 Å². The van der Waals surface area contributed by atoms with Crippen molar-refractivity contribution in [1.29, 1.82) is 5.26 Å². The van der Waals surface area contributed by atoms with E-state index in [9.17, 15) is 21.6 Å². The summed E-state index contributed by atoms with van der Waals surface area (Å²) in [6.07, 6.45) is 1.66. The minimum atomic E-state index is -4.11. The van der Waals surface area contributed by atoms with Crippen molar-refractivity contribution in [3.8, 4) is 6.07 Å². The Morgan fingerprint density at radius 1 is 1.37 bits per heavy atom. The van der Waals surface area contributed by atoms with Crippen LogP contribution in [0, 0.1) is 30.0 Å². The summed E-state index contributed by atoms with van der Waals surface area (Å²) in [7, 11) is -4.11. The molecule has 27 heavy (non-hydrogen) atoms. The van der Waals surface area contributed by atoms with Gasteiger partial charge in [0.05, 0.1) is 17.3 Å². The van der Waals surface area contributed by atoms with E-state index in [4.69, 9.17) is 5.26 Å². The van der Waals surface area contributed by atoms with Gasteiger partial charge >= 0.3 is 0 Å². The van der Waals surface area contributed by atoms with Gasteiger partial charge in [-0.3, -0.25) is 4.72 Å². The molecule has 1 aromatic carbocycles. The fraction of sp³-hybridized carbons (Fsp3) is 0.389. The first-order valence-electron chi connectivity index (χ1n) is 8.33. The number of hydrogen-bond donors (Lipinski definition) is 2. The second-order valence-corrected chi connectivity index (χ2v) is 8.52. The number of nitrogens with zero attached hydrogens (tertiary/aromatic N) is 1. The van der Waals surface area contributed by atoms with Crippen LogP contribution in [0.1, 0.15) is 35.7 Å². The van der Waals surface area contributed by atoms with E-state index in [1.807, 2.05) is 6.07 Å². The third kappa shape index (κ3) is 3.67. The Balaban J connectivity index is 1.91. The Morgan fingerprint density at radius 3 is 2.70 bits per heavy atom. The average Bonchev–Trinajstić information content (AvgIpc) is 3.01. The van der Waals surface area contributed by atoms with Crippen LogP contribution in [-0.4, -0.2) is 19.3 Å². The summed E-state index contributed by atoms with van der Waals surface area (Å²) in [5.41, 5.74) is 1.19. The van der Waals surface area contributed by atoms with Crippen LogP contribution in [0.25, 0.3) is 0 Å². The van der Waals surface area contributed by atoms with Crippen molar-refractivity contribution in [2.45, 2.75) is 43.9 Å². The number of benzene rings is 1. The van der Waals surface area contributed by atoms with Gasteiger partial charge in [-0.25, -0.2) is 21.6 Å². The highest BCUT2D eigenvalue weighted by Crippen LogP contribution is 2.38. The van der Waals surface area contributed by atoms with Crippen LogP contribution in [0.2, 0.25) is 0 Å². The number of rotatable bonds is 4. The molecule has 0 bridgehead atoms. The number of anilines is 1. The molecule has 0 spiro atoms. The highest BCUT2D eigenvalue weighted by atomic mass is 32.2. The first kappa shape index (κ1) is 19.3. The summed E-state index contributed by atoms with van der Waals surface area (Å²) in [5.74, 6) is -4.56. The molecule has 1 aromatic heterocycles. The number of halogens is 3. The molecule has 3 rings (SSSR count). The predicted octanol–water partition coefficient (Wildman–Crippen LogP) is 3.89. The second kappa shape index (κ2) is 6.60. The first-order valence-corrected chi connectivity index (χ1v) is 9.81. The van der Waals surface area contributed by atoms with Crippen LogP contribution >= 0.6 is 0 Å². The van der Waals surface area contributed by atoms with E-state index in [1.165, 1.54) is 12.3 Å². The Hall–Kier alpha value is -2.47. The fourth-order valence-electron chi connectivity index (χ4n) is 3.35. The quantitative estimate of drug-likeness (QED) is 0.821. The summed E-state index contributed by atoms with van der Waals surface area (Å²) in [6.45, 7) is 2.43. The van der Waals surface area contributed by atoms with Gasteiger partial charge in [0.25, 0.3) is 10.0 Å². The summed E-state index contributed by atoms with van der Waals surface area (Å²) in [5, 5.41) is 8.91. The molecule has 0 aliphatic heterocycles.